The lowest BCUT2D eigenvalue weighted by Gasteiger charge is -2.25. The third-order valence-electron chi connectivity index (χ3n) is 4.38. The summed E-state index contributed by atoms with van der Waals surface area (Å²) >= 11 is 7.38. The van der Waals surface area contributed by atoms with E-state index in [1.165, 1.54) is 0 Å². The van der Waals surface area contributed by atoms with Gasteiger partial charge in [0.2, 0.25) is 5.91 Å². The van der Waals surface area contributed by atoms with Crippen LogP contribution in [-0.2, 0) is 17.8 Å². The molecule has 1 aliphatic rings. The lowest BCUT2D eigenvalue weighted by atomic mass is 10.0. The van der Waals surface area contributed by atoms with E-state index in [4.69, 9.17) is 11.6 Å². The Balaban J connectivity index is 1.72. The van der Waals surface area contributed by atoms with Crippen LogP contribution in [0, 0.1) is 6.92 Å². The van der Waals surface area contributed by atoms with E-state index < -0.39 is 0 Å². The molecule has 1 atom stereocenters. The van der Waals surface area contributed by atoms with Crippen molar-refractivity contribution in [2.45, 2.75) is 38.8 Å². The fourth-order valence-corrected chi connectivity index (χ4v) is 4.06. The summed E-state index contributed by atoms with van der Waals surface area (Å²) in [6.45, 7) is 2.75. The van der Waals surface area contributed by atoms with Crippen LogP contribution in [0.25, 0.3) is 0 Å². The van der Waals surface area contributed by atoms with Gasteiger partial charge in [0.25, 0.3) is 0 Å². The van der Waals surface area contributed by atoms with Gasteiger partial charge in [0.15, 0.2) is 0 Å². The average Bonchev–Trinajstić information content (AvgIpc) is 3.11. The molecule has 122 valence electrons. The second-order valence-corrected chi connectivity index (χ2v) is 7.14. The van der Waals surface area contributed by atoms with Crippen LogP contribution in [0.15, 0.2) is 34.4 Å². The number of aryl methyl sites for hydroxylation is 1. The number of nitrogens with zero attached hydrogens (tertiary/aromatic N) is 2. The Morgan fingerprint density at radius 2 is 2.17 bits per heavy atom. The van der Waals surface area contributed by atoms with Crippen molar-refractivity contribution in [1.82, 2.24) is 9.47 Å². The zero-order valence-corrected chi connectivity index (χ0v) is 14.6. The second kappa shape index (κ2) is 6.89. The summed E-state index contributed by atoms with van der Waals surface area (Å²) in [6, 6.07) is 7.94. The molecule has 1 aromatic heterocycles. The first-order valence-electron chi connectivity index (χ1n) is 7.74. The van der Waals surface area contributed by atoms with E-state index >= 15 is 0 Å². The molecule has 1 fully saturated rings. The summed E-state index contributed by atoms with van der Waals surface area (Å²) < 4.78 is 1.55. The number of halogens is 1. The largest absolute Gasteiger partial charge is 0.338 e. The van der Waals surface area contributed by atoms with Gasteiger partial charge in [-0.25, -0.2) is 0 Å². The molecule has 3 rings (SSSR count). The van der Waals surface area contributed by atoms with Gasteiger partial charge in [-0.15, -0.1) is 0 Å². The Morgan fingerprint density at radius 3 is 2.87 bits per heavy atom. The van der Waals surface area contributed by atoms with Crippen molar-refractivity contribution in [2.75, 3.05) is 6.54 Å². The number of carbonyl (C=O) groups is 1. The molecule has 4 nitrogen and oxygen atoms in total. The van der Waals surface area contributed by atoms with Crippen molar-refractivity contribution in [1.29, 1.82) is 0 Å². The summed E-state index contributed by atoms with van der Waals surface area (Å²) in [6.07, 6.45) is 2.75. The summed E-state index contributed by atoms with van der Waals surface area (Å²) in [4.78, 5) is 26.3. The summed E-state index contributed by atoms with van der Waals surface area (Å²) in [7, 11) is 0. The van der Waals surface area contributed by atoms with Crippen LogP contribution in [0.2, 0.25) is 5.02 Å². The molecule has 1 amide bonds. The van der Waals surface area contributed by atoms with Crippen molar-refractivity contribution in [2.24, 2.45) is 0 Å². The van der Waals surface area contributed by atoms with Crippen LogP contribution in [0.3, 0.4) is 0 Å². The maximum atomic E-state index is 12.6. The van der Waals surface area contributed by atoms with E-state index in [0.29, 0.717) is 0 Å². The van der Waals surface area contributed by atoms with Crippen molar-refractivity contribution in [3.63, 3.8) is 0 Å². The third kappa shape index (κ3) is 3.51. The quantitative estimate of drug-likeness (QED) is 0.850. The van der Waals surface area contributed by atoms with Gasteiger partial charge in [-0.1, -0.05) is 41.1 Å². The zero-order valence-electron chi connectivity index (χ0n) is 13.0. The molecule has 23 heavy (non-hydrogen) atoms. The van der Waals surface area contributed by atoms with Gasteiger partial charge in [-0.05, 0) is 37.8 Å². The molecule has 0 spiro atoms. The van der Waals surface area contributed by atoms with Crippen LogP contribution in [0.5, 0.6) is 0 Å². The molecule has 1 unspecified atom stereocenters. The molecule has 2 aromatic rings. The maximum Gasteiger partial charge on any atom is 0.307 e. The van der Waals surface area contributed by atoms with Crippen LogP contribution in [0.1, 0.15) is 24.1 Å². The Morgan fingerprint density at radius 1 is 1.39 bits per heavy atom. The first-order valence-corrected chi connectivity index (χ1v) is 9.00. The molecule has 0 aliphatic carbocycles. The van der Waals surface area contributed by atoms with E-state index in [-0.39, 0.29) is 23.4 Å². The highest BCUT2D eigenvalue weighted by molar-refractivity contribution is 7.07. The first kappa shape index (κ1) is 16.3. The number of thiazole rings is 1. The molecule has 1 aromatic carbocycles. The Kier molecular flexibility index (Phi) is 4.87. The molecular formula is C17H19ClN2O2S. The average molecular weight is 351 g/mol. The van der Waals surface area contributed by atoms with Gasteiger partial charge in [0, 0.05) is 28.7 Å². The fraction of sp³-hybridized carbons (Fsp3) is 0.412. The lowest BCUT2D eigenvalue weighted by molar-refractivity contribution is -0.132. The molecule has 0 N–H and O–H groups in total. The number of benzene rings is 1. The smallest absolute Gasteiger partial charge is 0.307 e. The predicted molar refractivity (Wildman–Crippen MR) is 93.2 cm³/mol. The zero-order chi connectivity index (χ0) is 16.4. The molecule has 6 heteroatoms. The topological polar surface area (TPSA) is 42.3 Å². The Labute approximate surface area is 144 Å². The van der Waals surface area contributed by atoms with Crippen molar-refractivity contribution in [3.05, 3.63) is 55.6 Å². The summed E-state index contributed by atoms with van der Waals surface area (Å²) in [5.74, 6) is 0.0168. The highest BCUT2D eigenvalue weighted by atomic mass is 35.5. The van der Waals surface area contributed by atoms with E-state index in [2.05, 4.69) is 0 Å². The number of likely N-dealkylation sites (tertiary alicyclic amines) is 1. The minimum atomic E-state index is -0.0716. The van der Waals surface area contributed by atoms with Gasteiger partial charge in [0.1, 0.15) is 6.54 Å². The standard InChI is InChI=1S/C17H19ClN2O2S/c1-12-11-23-17(22)20(12)10-16(21)19-8-4-6-14(19)9-13-5-2-3-7-15(13)18/h2-3,5,7,11,14H,4,6,8-10H2,1H3. The Bertz CT molecular complexity index is 768. The predicted octanol–water partition coefficient (Wildman–Crippen LogP) is 3.11. The van der Waals surface area contributed by atoms with Crippen LogP contribution >= 0.6 is 22.9 Å². The van der Waals surface area contributed by atoms with Gasteiger partial charge < -0.3 is 4.90 Å². The number of carbonyl (C=O) groups excluding carboxylic acids is 1. The highest BCUT2D eigenvalue weighted by Gasteiger charge is 2.29. The number of aromatic nitrogens is 1. The fourth-order valence-electron chi connectivity index (χ4n) is 3.12. The molecule has 0 saturated carbocycles. The normalized spacial score (nSPS) is 17.7. The summed E-state index contributed by atoms with van der Waals surface area (Å²) in [5.41, 5.74) is 1.91. The number of hydrogen-bond donors (Lipinski definition) is 0. The van der Waals surface area contributed by atoms with Gasteiger partial charge in [-0.3, -0.25) is 14.2 Å². The van der Waals surface area contributed by atoms with Gasteiger partial charge in [0.05, 0.1) is 0 Å². The molecule has 2 heterocycles. The lowest BCUT2D eigenvalue weighted by Crippen LogP contribution is -2.40. The molecule has 0 radical (unpaired) electrons. The number of hydrogen-bond acceptors (Lipinski definition) is 3. The van der Waals surface area contributed by atoms with E-state index in [0.717, 1.165) is 53.4 Å². The minimum absolute atomic E-state index is 0.0168. The maximum absolute atomic E-state index is 12.6. The molecule has 1 saturated heterocycles. The van der Waals surface area contributed by atoms with Gasteiger partial charge in [-0.2, -0.15) is 0 Å². The van der Waals surface area contributed by atoms with Crippen molar-refractivity contribution >= 4 is 28.8 Å². The number of rotatable bonds is 4. The van der Waals surface area contributed by atoms with Crippen LogP contribution in [0.4, 0.5) is 0 Å². The highest BCUT2D eigenvalue weighted by Crippen LogP contribution is 2.25. The van der Waals surface area contributed by atoms with Crippen molar-refractivity contribution < 1.29 is 4.79 Å². The third-order valence-corrected chi connectivity index (χ3v) is 5.63. The van der Waals surface area contributed by atoms with Gasteiger partial charge >= 0.3 is 4.87 Å². The molecular weight excluding hydrogens is 332 g/mol. The second-order valence-electron chi connectivity index (χ2n) is 5.91. The summed E-state index contributed by atoms with van der Waals surface area (Å²) in [5, 5.41) is 2.54. The number of amides is 1. The monoisotopic (exact) mass is 350 g/mol. The SMILES string of the molecule is Cc1csc(=O)n1CC(=O)N1CCCC1Cc1ccccc1Cl. The van der Waals surface area contributed by atoms with E-state index in [9.17, 15) is 9.59 Å². The molecule has 1 aliphatic heterocycles. The molecule has 0 bridgehead atoms. The minimum Gasteiger partial charge on any atom is -0.338 e. The Hall–Kier alpha value is -1.59. The van der Waals surface area contributed by atoms with Crippen molar-refractivity contribution in [3.8, 4) is 0 Å². The first-order chi connectivity index (χ1) is 11.1. The van der Waals surface area contributed by atoms with Crippen LogP contribution < -0.4 is 4.87 Å². The van der Waals surface area contributed by atoms with Crippen LogP contribution in [-0.4, -0.2) is 28.0 Å². The van der Waals surface area contributed by atoms with E-state index in [1.807, 2.05) is 36.1 Å². The van der Waals surface area contributed by atoms with E-state index in [1.54, 1.807) is 9.95 Å².